The summed E-state index contributed by atoms with van der Waals surface area (Å²) in [7, 11) is 1.40. The van der Waals surface area contributed by atoms with Gasteiger partial charge in [0.05, 0.1) is 6.61 Å². The fourth-order valence-corrected chi connectivity index (χ4v) is 1.21. The van der Waals surface area contributed by atoms with Gasteiger partial charge in [0.25, 0.3) is 0 Å². The summed E-state index contributed by atoms with van der Waals surface area (Å²) < 4.78 is 59.3. The van der Waals surface area contributed by atoms with Crippen molar-refractivity contribution >= 4 is 0 Å². The molecule has 0 bridgehead atoms. The third kappa shape index (κ3) is 5.19. The second-order valence-electron chi connectivity index (χ2n) is 4.34. The van der Waals surface area contributed by atoms with Gasteiger partial charge in [-0.15, -0.1) is 0 Å². The molecule has 0 aliphatic rings. The minimum Gasteiger partial charge on any atom is -0.384 e. The molecule has 0 radical (unpaired) electrons. The molecule has 0 aromatic carbocycles. The molecule has 0 unspecified atom stereocenters. The molecule has 21 heavy (non-hydrogen) atoms. The van der Waals surface area contributed by atoms with E-state index in [1.807, 2.05) is 0 Å². The number of hydrogen-bond acceptors (Lipinski definition) is 1. The van der Waals surface area contributed by atoms with Crippen molar-refractivity contribution in [2.24, 2.45) is 0 Å². The zero-order valence-electron chi connectivity index (χ0n) is 12.2. The van der Waals surface area contributed by atoms with Gasteiger partial charge in [-0.25, -0.2) is 17.6 Å². The van der Waals surface area contributed by atoms with Gasteiger partial charge in [0, 0.05) is 18.3 Å². The molecule has 0 aliphatic heterocycles. The first kappa shape index (κ1) is 19.1. The summed E-state index contributed by atoms with van der Waals surface area (Å²) >= 11 is 0. The van der Waals surface area contributed by atoms with Crippen LogP contribution in [-0.2, 0) is 4.74 Å². The summed E-state index contributed by atoms with van der Waals surface area (Å²) in [6.45, 7) is 14.3. The van der Waals surface area contributed by atoms with E-state index in [0.29, 0.717) is 0 Å². The molecule has 0 fully saturated rings. The highest BCUT2D eigenvalue weighted by atomic mass is 19.2. The van der Waals surface area contributed by atoms with Crippen LogP contribution >= 0.6 is 0 Å². The van der Waals surface area contributed by atoms with Crippen LogP contribution in [0.2, 0.25) is 0 Å². The van der Waals surface area contributed by atoms with Gasteiger partial charge >= 0.3 is 0 Å². The van der Waals surface area contributed by atoms with Crippen molar-refractivity contribution in [2.45, 2.75) is 13.3 Å². The Morgan fingerprint density at radius 2 is 1.24 bits per heavy atom. The van der Waals surface area contributed by atoms with Crippen molar-refractivity contribution in [3.63, 3.8) is 0 Å². The summed E-state index contributed by atoms with van der Waals surface area (Å²) in [6.07, 6.45) is 0.0496. The van der Waals surface area contributed by atoms with E-state index in [0.717, 1.165) is 0 Å². The predicted molar refractivity (Wildman–Crippen MR) is 77.2 cm³/mol. The molecule has 0 aliphatic carbocycles. The average Bonchev–Trinajstić information content (AvgIpc) is 2.47. The lowest BCUT2D eigenvalue weighted by Gasteiger charge is -2.09. The lowest BCUT2D eigenvalue weighted by Crippen LogP contribution is -1.97. The Bertz CT molecular complexity index is 538. The lowest BCUT2D eigenvalue weighted by molar-refractivity contribution is 0.202. The summed E-state index contributed by atoms with van der Waals surface area (Å²) in [5.41, 5.74) is -1.76. The first-order valence-electron chi connectivity index (χ1n) is 5.97. The number of rotatable bonds is 8. The first-order valence-corrected chi connectivity index (χ1v) is 5.97. The van der Waals surface area contributed by atoms with E-state index >= 15 is 0 Å². The minimum absolute atomic E-state index is 0.0496. The molecule has 0 N–H and O–H groups in total. The molecule has 116 valence electrons. The van der Waals surface area contributed by atoms with Crippen molar-refractivity contribution in [3.05, 3.63) is 71.9 Å². The Labute approximate surface area is 122 Å². The first-order chi connectivity index (χ1) is 9.64. The predicted octanol–water partition coefficient (Wildman–Crippen LogP) is 5.57. The SMILES string of the molecule is C=C(C)/C(F)=C(/F)C(=C)C(=C)/C(F)=C(/F)C(=C)CCOC. The van der Waals surface area contributed by atoms with Crippen LogP contribution in [-0.4, -0.2) is 13.7 Å². The van der Waals surface area contributed by atoms with E-state index in [1.54, 1.807) is 0 Å². The summed E-state index contributed by atoms with van der Waals surface area (Å²) in [5, 5.41) is 0. The van der Waals surface area contributed by atoms with Gasteiger partial charge in [-0.2, -0.15) is 0 Å². The normalized spacial score (nSPS) is 13.2. The number of ether oxygens (including phenoxy) is 1. The minimum atomic E-state index is -1.44. The molecule has 0 spiro atoms. The van der Waals surface area contributed by atoms with E-state index in [1.165, 1.54) is 14.0 Å². The van der Waals surface area contributed by atoms with Crippen LogP contribution < -0.4 is 0 Å². The second-order valence-corrected chi connectivity index (χ2v) is 4.34. The third-order valence-corrected chi connectivity index (χ3v) is 2.57. The topological polar surface area (TPSA) is 9.23 Å². The standard InChI is InChI=1S/C16H18F4O/c1-9(2)13(17)15(19)11(4)12(5)16(20)14(18)10(3)7-8-21-6/h1,3-5,7-8H2,2,6H3/b15-13-,16-14-. The van der Waals surface area contributed by atoms with Crippen molar-refractivity contribution in [2.75, 3.05) is 13.7 Å². The van der Waals surface area contributed by atoms with Gasteiger partial charge in [0.2, 0.25) is 0 Å². The van der Waals surface area contributed by atoms with Crippen molar-refractivity contribution in [1.82, 2.24) is 0 Å². The maximum absolute atomic E-state index is 13.9. The zero-order valence-corrected chi connectivity index (χ0v) is 12.2. The van der Waals surface area contributed by atoms with E-state index in [9.17, 15) is 17.6 Å². The molecule has 0 heterocycles. The summed E-state index contributed by atoms with van der Waals surface area (Å²) in [5.74, 6) is -5.45. The lowest BCUT2D eigenvalue weighted by atomic mass is 10.0. The number of allylic oxidation sites excluding steroid dienone is 7. The molecule has 0 saturated heterocycles. The van der Waals surface area contributed by atoms with Crippen LogP contribution in [0.4, 0.5) is 17.6 Å². The van der Waals surface area contributed by atoms with Crippen molar-refractivity contribution in [3.8, 4) is 0 Å². The Balaban J connectivity index is 5.34. The second kappa shape index (κ2) is 8.42. The summed E-state index contributed by atoms with van der Waals surface area (Å²) in [6, 6.07) is 0. The van der Waals surface area contributed by atoms with Gasteiger partial charge in [-0.05, 0) is 24.5 Å². The molecule has 0 aromatic rings. The van der Waals surface area contributed by atoms with Crippen molar-refractivity contribution in [1.29, 1.82) is 0 Å². The van der Waals surface area contributed by atoms with Crippen LogP contribution in [0.15, 0.2) is 71.9 Å². The molecule has 0 atom stereocenters. The van der Waals surface area contributed by atoms with Gasteiger partial charge in [0.15, 0.2) is 23.3 Å². The van der Waals surface area contributed by atoms with Gasteiger partial charge in [-0.1, -0.05) is 26.3 Å². The highest BCUT2D eigenvalue weighted by Crippen LogP contribution is 2.32. The molecule has 1 nitrogen and oxygen atoms in total. The van der Waals surface area contributed by atoms with Crippen LogP contribution in [0.3, 0.4) is 0 Å². The highest BCUT2D eigenvalue weighted by Gasteiger charge is 2.20. The van der Waals surface area contributed by atoms with Crippen LogP contribution in [0, 0.1) is 0 Å². The van der Waals surface area contributed by atoms with Crippen LogP contribution in [0.5, 0.6) is 0 Å². The molecule has 5 heteroatoms. The number of hydrogen-bond donors (Lipinski definition) is 0. The smallest absolute Gasteiger partial charge is 0.166 e. The molecule has 0 aromatic heterocycles. The maximum Gasteiger partial charge on any atom is 0.166 e. The monoisotopic (exact) mass is 302 g/mol. The molecule has 0 saturated carbocycles. The third-order valence-electron chi connectivity index (χ3n) is 2.57. The largest absolute Gasteiger partial charge is 0.384 e. The van der Waals surface area contributed by atoms with Gasteiger partial charge in [-0.3, -0.25) is 0 Å². The molecule has 0 amide bonds. The Morgan fingerprint density at radius 3 is 1.62 bits per heavy atom. The van der Waals surface area contributed by atoms with E-state index in [2.05, 4.69) is 26.3 Å². The maximum atomic E-state index is 13.9. The fourth-order valence-electron chi connectivity index (χ4n) is 1.21. The van der Waals surface area contributed by atoms with Crippen LogP contribution in [0.25, 0.3) is 0 Å². The quantitative estimate of drug-likeness (QED) is 0.421. The van der Waals surface area contributed by atoms with E-state index in [4.69, 9.17) is 4.74 Å². The van der Waals surface area contributed by atoms with Gasteiger partial charge < -0.3 is 4.74 Å². The fraction of sp³-hybridized carbons (Fsp3) is 0.250. The van der Waals surface area contributed by atoms with Gasteiger partial charge in [0.1, 0.15) is 0 Å². The Hall–Kier alpha value is -1.88. The molecule has 0 rings (SSSR count). The molecular weight excluding hydrogens is 284 g/mol. The van der Waals surface area contributed by atoms with Crippen LogP contribution in [0.1, 0.15) is 13.3 Å². The highest BCUT2D eigenvalue weighted by molar-refractivity contribution is 5.53. The average molecular weight is 302 g/mol. The summed E-state index contributed by atoms with van der Waals surface area (Å²) in [4.78, 5) is 0. The van der Waals surface area contributed by atoms with E-state index < -0.39 is 34.5 Å². The number of methoxy groups -OCH3 is 1. The Morgan fingerprint density at radius 1 is 0.810 bits per heavy atom. The van der Waals surface area contributed by atoms with Crippen molar-refractivity contribution < 1.29 is 22.3 Å². The molecular formula is C16H18F4O. The number of halogens is 4. The van der Waals surface area contributed by atoms with E-state index in [-0.39, 0.29) is 24.2 Å². The zero-order chi connectivity index (χ0) is 16.7. The Kier molecular flexibility index (Phi) is 7.66.